The molecule has 1 N–H and O–H groups in total. The zero-order chi connectivity index (χ0) is 18.2. The maximum atomic E-state index is 12.5. The van der Waals surface area contributed by atoms with Crippen molar-refractivity contribution in [1.82, 2.24) is 5.32 Å². The highest BCUT2D eigenvalue weighted by Crippen LogP contribution is 2.32. The zero-order valence-corrected chi connectivity index (χ0v) is 15.4. The first-order valence-corrected chi connectivity index (χ1v) is 10.0. The lowest BCUT2D eigenvalue weighted by Crippen LogP contribution is -2.27. The van der Waals surface area contributed by atoms with Gasteiger partial charge in [-0.1, -0.05) is 23.8 Å². The molecular weight excluding hydrogens is 336 g/mol. The van der Waals surface area contributed by atoms with Crippen molar-refractivity contribution in [3.05, 3.63) is 64.7 Å². The Bertz CT molecular complexity index is 905. The fourth-order valence-electron chi connectivity index (χ4n) is 3.15. The lowest BCUT2D eigenvalue weighted by Gasteiger charge is -2.17. The number of hydrogen-bond donors (Lipinski definition) is 1. The summed E-state index contributed by atoms with van der Waals surface area (Å²) >= 11 is 0. The van der Waals surface area contributed by atoms with Crippen molar-refractivity contribution in [3.63, 3.8) is 0 Å². The van der Waals surface area contributed by atoms with Crippen LogP contribution in [0.15, 0.2) is 42.5 Å². The van der Waals surface area contributed by atoms with Crippen molar-refractivity contribution in [2.45, 2.75) is 25.8 Å². The van der Waals surface area contributed by atoms with Gasteiger partial charge in [0.15, 0.2) is 0 Å². The zero-order valence-electron chi connectivity index (χ0n) is 14.6. The SMILES string of the molecule is Cc1ccc2c(c1)CC[C@H]2NC(=O)c1ccc(N(C)S(C)(=O)=O)cc1. The number of sulfonamides is 1. The first kappa shape index (κ1) is 17.5. The molecule has 1 aliphatic rings. The molecule has 1 atom stereocenters. The molecule has 0 aromatic heterocycles. The van der Waals surface area contributed by atoms with Gasteiger partial charge in [-0.15, -0.1) is 0 Å². The molecule has 0 radical (unpaired) electrons. The first-order valence-electron chi connectivity index (χ1n) is 8.20. The summed E-state index contributed by atoms with van der Waals surface area (Å²) in [5.74, 6) is -0.146. The van der Waals surface area contributed by atoms with E-state index in [4.69, 9.17) is 0 Å². The Hall–Kier alpha value is -2.34. The Kier molecular flexibility index (Phi) is 4.56. The van der Waals surface area contributed by atoms with Crippen molar-refractivity contribution < 1.29 is 13.2 Å². The molecule has 132 valence electrons. The van der Waals surface area contributed by atoms with Crippen LogP contribution in [-0.4, -0.2) is 27.6 Å². The Balaban J connectivity index is 1.73. The average Bonchev–Trinajstić information content (AvgIpc) is 2.95. The summed E-state index contributed by atoms with van der Waals surface area (Å²) in [6, 6.07) is 12.9. The second-order valence-electron chi connectivity index (χ2n) is 6.54. The number of fused-ring (bicyclic) bond motifs is 1. The number of nitrogens with one attached hydrogen (secondary N) is 1. The van der Waals surface area contributed by atoms with Gasteiger partial charge in [-0.25, -0.2) is 8.42 Å². The standard InChI is InChI=1S/C19H22N2O3S/c1-13-4-10-17-15(12-13)7-11-18(17)20-19(22)14-5-8-16(9-6-14)21(2)25(3,23)24/h4-6,8-10,12,18H,7,11H2,1-3H3,(H,20,22)/t18-/m1/s1. The van der Waals surface area contributed by atoms with Gasteiger partial charge >= 0.3 is 0 Å². The van der Waals surface area contributed by atoms with Gasteiger partial charge in [-0.2, -0.15) is 0 Å². The van der Waals surface area contributed by atoms with E-state index in [1.165, 1.54) is 28.0 Å². The Morgan fingerprint density at radius 3 is 2.48 bits per heavy atom. The van der Waals surface area contributed by atoms with Crippen molar-refractivity contribution in [3.8, 4) is 0 Å². The third kappa shape index (κ3) is 3.69. The smallest absolute Gasteiger partial charge is 0.251 e. The molecule has 2 aromatic carbocycles. The maximum Gasteiger partial charge on any atom is 0.251 e. The van der Waals surface area contributed by atoms with Crippen LogP contribution in [0, 0.1) is 6.92 Å². The summed E-state index contributed by atoms with van der Waals surface area (Å²) in [4.78, 5) is 12.5. The molecule has 25 heavy (non-hydrogen) atoms. The van der Waals surface area contributed by atoms with E-state index in [0.717, 1.165) is 19.1 Å². The van der Waals surface area contributed by atoms with E-state index in [2.05, 4.69) is 30.4 Å². The normalized spacial score (nSPS) is 16.4. The molecule has 3 rings (SSSR count). The van der Waals surface area contributed by atoms with Crippen LogP contribution in [-0.2, 0) is 16.4 Å². The van der Waals surface area contributed by atoms with Crippen molar-refractivity contribution in [1.29, 1.82) is 0 Å². The molecule has 0 heterocycles. The predicted molar refractivity (Wildman–Crippen MR) is 99.4 cm³/mol. The highest BCUT2D eigenvalue weighted by Gasteiger charge is 2.24. The predicted octanol–water partition coefficient (Wildman–Crippen LogP) is 2.81. The van der Waals surface area contributed by atoms with Crippen molar-refractivity contribution >= 4 is 21.6 Å². The Morgan fingerprint density at radius 2 is 1.84 bits per heavy atom. The summed E-state index contributed by atoms with van der Waals surface area (Å²) in [5, 5.41) is 3.08. The van der Waals surface area contributed by atoms with Crippen molar-refractivity contribution in [2.75, 3.05) is 17.6 Å². The minimum Gasteiger partial charge on any atom is -0.345 e. The van der Waals surface area contributed by atoms with E-state index in [0.29, 0.717) is 11.3 Å². The topological polar surface area (TPSA) is 66.5 Å². The number of amides is 1. The van der Waals surface area contributed by atoms with Gasteiger partial charge in [0.1, 0.15) is 0 Å². The van der Waals surface area contributed by atoms with Crippen LogP contribution < -0.4 is 9.62 Å². The molecule has 0 unspecified atom stereocenters. The van der Waals surface area contributed by atoms with Crippen LogP contribution >= 0.6 is 0 Å². The minimum absolute atomic E-state index is 0.0291. The fraction of sp³-hybridized carbons (Fsp3) is 0.316. The minimum atomic E-state index is -3.31. The summed E-state index contributed by atoms with van der Waals surface area (Å²) in [5.41, 5.74) is 4.77. The van der Waals surface area contributed by atoms with E-state index < -0.39 is 10.0 Å². The third-order valence-electron chi connectivity index (χ3n) is 4.67. The van der Waals surface area contributed by atoms with Gasteiger partial charge in [-0.05, 0) is 55.2 Å². The lowest BCUT2D eigenvalue weighted by atomic mass is 10.1. The van der Waals surface area contributed by atoms with Gasteiger partial charge in [0.05, 0.1) is 18.0 Å². The van der Waals surface area contributed by atoms with Crippen LogP contribution in [0.5, 0.6) is 0 Å². The number of rotatable bonds is 4. The molecule has 0 fully saturated rings. The number of carbonyl (C=O) groups excluding carboxylic acids is 1. The molecule has 0 saturated carbocycles. The molecule has 6 heteroatoms. The highest BCUT2D eigenvalue weighted by atomic mass is 32.2. The molecule has 0 bridgehead atoms. The number of benzene rings is 2. The third-order valence-corrected chi connectivity index (χ3v) is 5.88. The molecule has 0 spiro atoms. The van der Waals surface area contributed by atoms with Gasteiger partial charge in [0.25, 0.3) is 5.91 Å². The summed E-state index contributed by atoms with van der Waals surface area (Å²) in [7, 11) is -1.82. The molecule has 1 amide bonds. The quantitative estimate of drug-likeness (QED) is 0.914. The van der Waals surface area contributed by atoms with Crippen LogP contribution in [0.4, 0.5) is 5.69 Å². The summed E-state index contributed by atoms with van der Waals surface area (Å²) in [6.07, 6.45) is 3.02. The molecule has 1 aliphatic carbocycles. The summed E-state index contributed by atoms with van der Waals surface area (Å²) in [6.45, 7) is 2.07. The second kappa shape index (κ2) is 6.52. The lowest BCUT2D eigenvalue weighted by molar-refractivity contribution is 0.0936. The molecule has 5 nitrogen and oxygen atoms in total. The monoisotopic (exact) mass is 358 g/mol. The largest absolute Gasteiger partial charge is 0.345 e. The summed E-state index contributed by atoms with van der Waals surface area (Å²) < 4.78 is 24.3. The van der Waals surface area contributed by atoms with Crippen molar-refractivity contribution in [2.24, 2.45) is 0 Å². The second-order valence-corrected chi connectivity index (χ2v) is 8.56. The Labute approximate surface area is 148 Å². The molecule has 2 aromatic rings. The molecular formula is C19H22N2O3S. The van der Waals surface area contributed by atoms with E-state index in [1.807, 2.05) is 0 Å². The van der Waals surface area contributed by atoms with E-state index in [1.54, 1.807) is 24.3 Å². The van der Waals surface area contributed by atoms with E-state index >= 15 is 0 Å². The highest BCUT2D eigenvalue weighted by molar-refractivity contribution is 7.92. The van der Waals surface area contributed by atoms with Crippen LogP contribution in [0.3, 0.4) is 0 Å². The van der Waals surface area contributed by atoms with E-state index in [-0.39, 0.29) is 11.9 Å². The van der Waals surface area contributed by atoms with Crippen LogP contribution in [0.1, 0.15) is 39.5 Å². The number of carbonyl (C=O) groups is 1. The number of aryl methyl sites for hydroxylation is 2. The maximum absolute atomic E-state index is 12.5. The van der Waals surface area contributed by atoms with Crippen LogP contribution in [0.25, 0.3) is 0 Å². The van der Waals surface area contributed by atoms with Crippen LogP contribution in [0.2, 0.25) is 0 Å². The van der Waals surface area contributed by atoms with E-state index in [9.17, 15) is 13.2 Å². The average molecular weight is 358 g/mol. The molecule has 0 aliphatic heterocycles. The first-order chi connectivity index (χ1) is 11.8. The Morgan fingerprint density at radius 1 is 1.16 bits per heavy atom. The molecule has 0 saturated heterocycles. The number of hydrogen-bond acceptors (Lipinski definition) is 3. The number of nitrogens with zero attached hydrogens (tertiary/aromatic N) is 1. The number of anilines is 1. The fourth-order valence-corrected chi connectivity index (χ4v) is 3.66. The van der Waals surface area contributed by atoms with Gasteiger partial charge in [0, 0.05) is 12.6 Å². The van der Waals surface area contributed by atoms with Gasteiger partial charge in [0.2, 0.25) is 10.0 Å². The van der Waals surface area contributed by atoms with Gasteiger partial charge in [-0.3, -0.25) is 9.10 Å². The van der Waals surface area contributed by atoms with Gasteiger partial charge < -0.3 is 5.32 Å².